The quantitative estimate of drug-likeness (QED) is 0.851. The Bertz CT molecular complexity index is 920. The van der Waals surface area contributed by atoms with Gasteiger partial charge in [-0.15, -0.1) is 0 Å². The van der Waals surface area contributed by atoms with Crippen molar-refractivity contribution < 1.29 is 27.9 Å². The number of fused-ring (bicyclic) bond motifs is 1. The second kappa shape index (κ2) is 7.10. The molecule has 3 rings (SSSR count). The first-order valence-electron chi connectivity index (χ1n) is 9.15. The van der Waals surface area contributed by atoms with Gasteiger partial charge in [-0.25, -0.2) is 4.98 Å². The molecule has 0 bridgehead atoms. The first-order chi connectivity index (χ1) is 13.0. The Balaban J connectivity index is 2.00. The second-order valence-corrected chi connectivity index (χ2v) is 7.43. The van der Waals surface area contributed by atoms with Crippen LogP contribution < -0.4 is 0 Å². The number of aromatic nitrogens is 2. The summed E-state index contributed by atoms with van der Waals surface area (Å²) in [7, 11) is 0. The molecule has 1 fully saturated rings. The third-order valence-electron chi connectivity index (χ3n) is 5.27. The Morgan fingerprint density at radius 3 is 2.54 bits per heavy atom. The van der Waals surface area contributed by atoms with E-state index in [0.29, 0.717) is 24.9 Å². The monoisotopic (exact) mass is 397 g/mol. The highest BCUT2D eigenvalue weighted by Gasteiger charge is 2.39. The van der Waals surface area contributed by atoms with Gasteiger partial charge in [-0.1, -0.05) is 0 Å². The van der Waals surface area contributed by atoms with Gasteiger partial charge in [-0.2, -0.15) is 13.2 Å². The largest absolute Gasteiger partial charge is 0.481 e. The maximum atomic E-state index is 13.4. The van der Waals surface area contributed by atoms with Gasteiger partial charge in [-0.05, 0) is 51.8 Å². The van der Waals surface area contributed by atoms with E-state index in [1.54, 1.807) is 20.8 Å². The number of imidazole rings is 1. The van der Waals surface area contributed by atoms with Crippen molar-refractivity contribution in [2.75, 3.05) is 6.54 Å². The molecule has 0 saturated carbocycles. The molecular formula is C19H22F3N3O3. The molecule has 1 aliphatic rings. The summed E-state index contributed by atoms with van der Waals surface area (Å²) in [5.74, 6) is -3.00. The van der Waals surface area contributed by atoms with Crippen molar-refractivity contribution in [2.45, 2.75) is 51.9 Å². The van der Waals surface area contributed by atoms with Crippen molar-refractivity contribution in [1.82, 2.24) is 14.5 Å². The van der Waals surface area contributed by atoms with Crippen LogP contribution in [-0.4, -0.2) is 44.0 Å². The average molecular weight is 397 g/mol. The molecule has 0 spiro atoms. The molecule has 0 aliphatic carbocycles. The van der Waals surface area contributed by atoms with Crippen LogP contribution in [0.2, 0.25) is 0 Å². The zero-order valence-electron chi connectivity index (χ0n) is 15.8. The van der Waals surface area contributed by atoms with Gasteiger partial charge in [0.15, 0.2) is 0 Å². The summed E-state index contributed by atoms with van der Waals surface area (Å²) in [6, 6.07) is 3.34. The number of amides is 1. The maximum absolute atomic E-state index is 13.4. The number of hydrogen-bond donors (Lipinski definition) is 1. The number of hydrogen-bond acceptors (Lipinski definition) is 3. The van der Waals surface area contributed by atoms with Crippen molar-refractivity contribution in [1.29, 1.82) is 0 Å². The van der Waals surface area contributed by atoms with Gasteiger partial charge in [0.25, 0.3) is 5.91 Å². The molecule has 0 radical (unpaired) electrons. The zero-order chi connectivity index (χ0) is 20.8. The maximum Gasteiger partial charge on any atom is 0.449 e. The van der Waals surface area contributed by atoms with Crippen LogP contribution in [0.15, 0.2) is 18.2 Å². The van der Waals surface area contributed by atoms with E-state index in [9.17, 15) is 27.9 Å². The molecule has 2 aromatic rings. The molecule has 0 unspecified atom stereocenters. The summed E-state index contributed by atoms with van der Waals surface area (Å²) in [6.07, 6.45) is -3.55. The molecule has 2 heterocycles. The number of alkyl halides is 3. The minimum atomic E-state index is -4.61. The molecule has 1 amide bonds. The molecule has 6 nitrogen and oxygen atoms in total. The molecule has 28 heavy (non-hydrogen) atoms. The number of piperidine rings is 1. The second-order valence-electron chi connectivity index (χ2n) is 7.43. The highest BCUT2D eigenvalue weighted by atomic mass is 19.4. The molecule has 1 aromatic carbocycles. The summed E-state index contributed by atoms with van der Waals surface area (Å²) in [6.45, 7) is 5.37. The van der Waals surface area contributed by atoms with Crippen molar-refractivity contribution in [2.24, 2.45) is 5.92 Å². The number of rotatable bonds is 3. The number of aliphatic carboxylic acids is 1. The number of carboxylic acids is 1. The van der Waals surface area contributed by atoms with E-state index in [-0.39, 0.29) is 11.1 Å². The van der Waals surface area contributed by atoms with Gasteiger partial charge in [-0.3, -0.25) is 9.59 Å². The van der Waals surface area contributed by atoms with Gasteiger partial charge in [0.05, 0.1) is 17.0 Å². The molecule has 2 atom stereocenters. The van der Waals surface area contributed by atoms with E-state index in [4.69, 9.17) is 0 Å². The predicted molar refractivity (Wildman–Crippen MR) is 96.0 cm³/mol. The minimum Gasteiger partial charge on any atom is -0.481 e. The number of carbonyl (C=O) groups is 2. The van der Waals surface area contributed by atoms with Gasteiger partial charge in [0.2, 0.25) is 5.82 Å². The third kappa shape index (κ3) is 3.45. The lowest BCUT2D eigenvalue weighted by molar-refractivity contribution is -0.147. The van der Waals surface area contributed by atoms with Gasteiger partial charge in [0, 0.05) is 24.2 Å². The lowest BCUT2D eigenvalue weighted by Gasteiger charge is -2.37. The summed E-state index contributed by atoms with van der Waals surface area (Å²) in [5.41, 5.74) is 0.591. The molecule has 1 N–H and O–H groups in total. The van der Waals surface area contributed by atoms with Gasteiger partial charge < -0.3 is 14.6 Å². The van der Waals surface area contributed by atoms with Crippen LogP contribution in [0.1, 0.15) is 55.8 Å². The van der Waals surface area contributed by atoms with Crippen LogP contribution in [0.5, 0.6) is 0 Å². The van der Waals surface area contributed by atoms with Gasteiger partial charge in [0.1, 0.15) is 0 Å². The van der Waals surface area contributed by atoms with Crippen LogP contribution in [0.25, 0.3) is 11.0 Å². The highest BCUT2D eigenvalue weighted by Crippen LogP contribution is 2.34. The van der Waals surface area contributed by atoms with Crippen LogP contribution in [0.4, 0.5) is 13.2 Å². The molecule has 1 aliphatic heterocycles. The standard InChI is InChI=1S/C19H22F3N3O3/c1-10(2)25-15-7-6-12(9-14(15)23-18(25)19(20,21)22)16(26)24-8-4-5-13(11(24)3)17(27)28/h6-7,9-11,13H,4-5,8H2,1-3H3,(H,27,28)/t11-,13-/m0/s1. The Kier molecular flexibility index (Phi) is 5.12. The lowest BCUT2D eigenvalue weighted by atomic mass is 9.90. The first-order valence-corrected chi connectivity index (χ1v) is 9.15. The number of halogens is 3. The smallest absolute Gasteiger partial charge is 0.449 e. The van der Waals surface area contributed by atoms with Crippen LogP contribution in [-0.2, 0) is 11.0 Å². The number of likely N-dealkylation sites (tertiary alicyclic amines) is 1. The predicted octanol–water partition coefficient (Wildman–Crippen LogP) is 3.96. The summed E-state index contributed by atoms with van der Waals surface area (Å²) >= 11 is 0. The summed E-state index contributed by atoms with van der Waals surface area (Å²) in [5, 5.41) is 9.32. The molecule has 1 saturated heterocycles. The van der Waals surface area contributed by atoms with Crippen molar-refractivity contribution in [3.05, 3.63) is 29.6 Å². The van der Waals surface area contributed by atoms with E-state index in [1.807, 2.05) is 0 Å². The molecular weight excluding hydrogens is 375 g/mol. The Labute approximate surface area is 159 Å². The Morgan fingerprint density at radius 2 is 1.96 bits per heavy atom. The number of nitrogens with zero attached hydrogens (tertiary/aromatic N) is 3. The van der Waals surface area contributed by atoms with E-state index in [2.05, 4.69) is 4.98 Å². The summed E-state index contributed by atoms with van der Waals surface area (Å²) < 4.78 is 41.2. The number of carboxylic acid groups (broad SMARTS) is 1. The molecule has 1 aromatic heterocycles. The highest BCUT2D eigenvalue weighted by molar-refractivity contribution is 5.98. The zero-order valence-corrected chi connectivity index (χ0v) is 15.8. The van der Waals surface area contributed by atoms with Crippen LogP contribution >= 0.6 is 0 Å². The van der Waals surface area contributed by atoms with Crippen molar-refractivity contribution in [3.63, 3.8) is 0 Å². The number of carbonyl (C=O) groups excluding carboxylic acids is 1. The van der Waals surface area contributed by atoms with E-state index < -0.39 is 41.9 Å². The Morgan fingerprint density at radius 1 is 1.29 bits per heavy atom. The van der Waals surface area contributed by atoms with E-state index in [1.165, 1.54) is 23.1 Å². The molecule has 152 valence electrons. The lowest BCUT2D eigenvalue weighted by Crippen LogP contribution is -2.49. The minimum absolute atomic E-state index is 0.0892. The fourth-order valence-corrected chi connectivity index (χ4v) is 3.88. The third-order valence-corrected chi connectivity index (χ3v) is 5.27. The normalized spacial score (nSPS) is 20.8. The summed E-state index contributed by atoms with van der Waals surface area (Å²) in [4.78, 5) is 29.5. The first kappa shape index (κ1) is 20.2. The van der Waals surface area contributed by atoms with Crippen LogP contribution in [0.3, 0.4) is 0 Å². The van der Waals surface area contributed by atoms with Crippen molar-refractivity contribution >= 4 is 22.9 Å². The SMILES string of the molecule is CC(C)n1c(C(F)(F)F)nc2cc(C(=O)N3CCC[C@H](C(=O)O)[C@@H]3C)ccc21. The van der Waals surface area contributed by atoms with E-state index in [0.717, 1.165) is 4.57 Å². The van der Waals surface area contributed by atoms with Crippen LogP contribution in [0, 0.1) is 5.92 Å². The van der Waals surface area contributed by atoms with Gasteiger partial charge >= 0.3 is 12.1 Å². The number of benzene rings is 1. The fraction of sp³-hybridized carbons (Fsp3) is 0.526. The van der Waals surface area contributed by atoms with E-state index >= 15 is 0 Å². The topological polar surface area (TPSA) is 75.4 Å². The molecule has 9 heteroatoms. The fourth-order valence-electron chi connectivity index (χ4n) is 3.88. The van der Waals surface area contributed by atoms with Crippen molar-refractivity contribution in [3.8, 4) is 0 Å². The average Bonchev–Trinajstić information content (AvgIpc) is 3.00. The Hall–Kier alpha value is -2.58.